The predicted molar refractivity (Wildman–Crippen MR) is 385 cm³/mol. The molecule has 3 rings (SSSR count). The predicted octanol–water partition coefficient (Wildman–Crippen LogP) is 10.4. The van der Waals surface area contributed by atoms with Crippen LogP contribution in [0.1, 0.15) is 335 Å². The molecule has 0 radical (unpaired) electrons. The lowest BCUT2D eigenvalue weighted by molar-refractivity contribution is -0.386. The number of carboxylic acids is 1. The molecule has 0 aromatic heterocycles. The van der Waals surface area contributed by atoms with Crippen LogP contribution >= 0.6 is 0 Å². The molecule has 100 heavy (non-hydrogen) atoms. The highest BCUT2D eigenvalue weighted by Crippen LogP contribution is 2.39. The lowest BCUT2D eigenvalue weighted by Crippen LogP contribution is -2.70. The molecule has 3 fully saturated rings. The second kappa shape index (κ2) is 57.0. The van der Waals surface area contributed by atoms with E-state index >= 15 is 0 Å². The number of carboxylic acid groups (broad SMARTS) is 1. The maximum Gasteiger partial charge on any atom is 0.364 e. The van der Waals surface area contributed by atoms with Crippen LogP contribution in [-0.4, -0.2) is 215 Å². The molecule has 18 atom stereocenters. The highest BCUT2D eigenvalue weighted by atomic mass is 16.8. The van der Waals surface area contributed by atoms with Crippen LogP contribution in [0.2, 0.25) is 0 Å². The van der Waals surface area contributed by atoms with Crippen LogP contribution in [-0.2, 0) is 42.8 Å². The zero-order valence-corrected chi connectivity index (χ0v) is 62.3. The summed E-state index contributed by atoms with van der Waals surface area (Å²) in [6.45, 7) is 2.26. The molecule has 18 unspecified atom stereocenters. The van der Waals surface area contributed by atoms with Gasteiger partial charge >= 0.3 is 5.97 Å². The SMILES string of the molecule is CCCCCCCCCCCCCCCCCCCCCCCCCCCCCCCC(=O)NC(COC1OC(CO)C(OC2OC(CO)C(O)C(OC3(C(=O)O)CC(O)C(NC(C)=O)C(C(O)C(O)CO)O3)C2O)C(O)C1O)C(O)CCCCCCCCCCCCCCCCCCC. The third-order valence-corrected chi connectivity index (χ3v) is 20.8. The Morgan fingerprint density at radius 2 is 0.870 bits per heavy atom. The molecule has 3 saturated heterocycles. The fraction of sp³-hybridized carbons (Fsp3) is 0.961. The first-order valence-electron chi connectivity index (χ1n) is 40.4. The third-order valence-electron chi connectivity index (χ3n) is 20.8. The van der Waals surface area contributed by atoms with Gasteiger partial charge < -0.3 is 100 Å². The Hall–Kier alpha value is -2.27. The number of aliphatic hydroxyl groups is 11. The maximum absolute atomic E-state index is 13.5. The van der Waals surface area contributed by atoms with Gasteiger partial charge in [-0.3, -0.25) is 9.59 Å². The first-order valence-corrected chi connectivity index (χ1v) is 40.4. The van der Waals surface area contributed by atoms with Crippen molar-refractivity contribution in [2.24, 2.45) is 0 Å². The zero-order valence-electron chi connectivity index (χ0n) is 62.3. The van der Waals surface area contributed by atoms with Crippen LogP contribution in [0, 0.1) is 0 Å². The molecule has 0 aromatic carbocycles. The van der Waals surface area contributed by atoms with E-state index in [1.807, 2.05) is 0 Å². The Morgan fingerprint density at radius 1 is 0.480 bits per heavy atom. The summed E-state index contributed by atoms with van der Waals surface area (Å²) < 4.78 is 35.0. The minimum atomic E-state index is -3.08. The first-order chi connectivity index (χ1) is 48.4. The molecule has 2 amide bonds. The monoisotopic (exact) mass is 1440 g/mol. The number of ether oxygens (including phenoxy) is 6. The summed E-state index contributed by atoms with van der Waals surface area (Å²) in [6.07, 6.45) is 29.6. The molecular weight excluding hydrogens is 1290 g/mol. The van der Waals surface area contributed by atoms with Crippen molar-refractivity contribution in [2.45, 2.75) is 445 Å². The Balaban J connectivity index is 1.48. The summed E-state index contributed by atoms with van der Waals surface area (Å²) in [4.78, 5) is 38.7. The second-order valence-electron chi connectivity index (χ2n) is 29.6. The number of hydrogen-bond donors (Lipinski definition) is 14. The number of hydrogen-bond acceptors (Lipinski definition) is 20. The van der Waals surface area contributed by atoms with E-state index in [2.05, 4.69) is 24.5 Å². The van der Waals surface area contributed by atoms with Crippen LogP contribution in [0.4, 0.5) is 0 Å². The van der Waals surface area contributed by atoms with E-state index in [1.54, 1.807) is 0 Å². The van der Waals surface area contributed by atoms with Crippen molar-refractivity contribution in [3.05, 3.63) is 0 Å². The fourth-order valence-corrected chi connectivity index (χ4v) is 14.4. The van der Waals surface area contributed by atoms with E-state index in [4.69, 9.17) is 28.4 Å². The van der Waals surface area contributed by atoms with Crippen molar-refractivity contribution in [2.75, 3.05) is 26.4 Å². The second-order valence-corrected chi connectivity index (χ2v) is 29.6. The number of carbonyl (C=O) groups is 3. The van der Waals surface area contributed by atoms with Crippen LogP contribution in [0.5, 0.6) is 0 Å². The minimum Gasteiger partial charge on any atom is -0.477 e. The number of aliphatic carboxylic acids is 1. The van der Waals surface area contributed by atoms with E-state index in [0.717, 1.165) is 51.9 Å². The molecule has 23 nitrogen and oxygen atoms in total. The van der Waals surface area contributed by atoms with E-state index in [1.165, 1.54) is 238 Å². The molecule has 0 aromatic rings. The number of unbranched alkanes of at least 4 members (excludes halogenated alkanes) is 44. The van der Waals surface area contributed by atoms with Crippen molar-refractivity contribution in [3.8, 4) is 0 Å². The molecule has 0 saturated carbocycles. The van der Waals surface area contributed by atoms with E-state index in [9.17, 15) is 75.7 Å². The minimum absolute atomic E-state index is 0.230. The highest BCUT2D eigenvalue weighted by Gasteiger charge is 2.60. The molecule has 3 heterocycles. The summed E-state index contributed by atoms with van der Waals surface area (Å²) >= 11 is 0. The lowest BCUT2D eigenvalue weighted by atomic mass is 9.88. The zero-order chi connectivity index (χ0) is 73.2. The van der Waals surface area contributed by atoms with Crippen LogP contribution in [0.15, 0.2) is 0 Å². The molecule has 590 valence electrons. The van der Waals surface area contributed by atoms with E-state index < -0.39 is 148 Å². The quantitative estimate of drug-likeness (QED) is 0.0252. The molecule has 23 heteroatoms. The van der Waals surface area contributed by atoms with E-state index in [-0.39, 0.29) is 18.9 Å². The Bertz CT molecular complexity index is 2000. The summed E-state index contributed by atoms with van der Waals surface area (Å²) in [5.74, 6) is -6.09. The van der Waals surface area contributed by atoms with Crippen molar-refractivity contribution in [1.29, 1.82) is 0 Å². The molecular formula is C77H146N2O21. The van der Waals surface area contributed by atoms with Gasteiger partial charge in [0, 0.05) is 19.8 Å². The average molecular weight is 1440 g/mol. The van der Waals surface area contributed by atoms with Gasteiger partial charge in [0.1, 0.15) is 67.1 Å². The number of amides is 2. The van der Waals surface area contributed by atoms with Gasteiger partial charge in [0.15, 0.2) is 12.6 Å². The largest absolute Gasteiger partial charge is 0.477 e. The summed E-state index contributed by atoms with van der Waals surface area (Å²) in [5.41, 5.74) is 0. The Kier molecular flexibility index (Phi) is 52.4. The van der Waals surface area contributed by atoms with Crippen molar-refractivity contribution in [1.82, 2.24) is 10.6 Å². The number of carbonyl (C=O) groups excluding carboxylic acids is 2. The molecule has 0 bridgehead atoms. The van der Waals surface area contributed by atoms with Gasteiger partial charge in [-0.2, -0.15) is 0 Å². The summed E-state index contributed by atoms with van der Waals surface area (Å²) in [7, 11) is 0. The van der Waals surface area contributed by atoms with Gasteiger partial charge in [0.2, 0.25) is 11.8 Å². The number of nitrogens with one attached hydrogen (secondary N) is 2. The lowest BCUT2D eigenvalue weighted by Gasteiger charge is -2.50. The van der Waals surface area contributed by atoms with Gasteiger partial charge in [0.05, 0.1) is 50.7 Å². The van der Waals surface area contributed by atoms with Gasteiger partial charge in [0.25, 0.3) is 5.79 Å². The molecule has 0 aliphatic carbocycles. The molecule has 0 spiro atoms. The smallest absolute Gasteiger partial charge is 0.364 e. The molecule has 14 N–H and O–H groups in total. The normalized spacial score (nSPS) is 26.9. The van der Waals surface area contributed by atoms with Crippen LogP contribution in [0.3, 0.4) is 0 Å². The van der Waals surface area contributed by atoms with Gasteiger partial charge in [-0.25, -0.2) is 4.79 Å². The Labute approximate surface area is 601 Å². The number of aliphatic hydroxyl groups excluding tert-OH is 11. The maximum atomic E-state index is 13.5. The fourth-order valence-electron chi connectivity index (χ4n) is 14.4. The van der Waals surface area contributed by atoms with Crippen molar-refractivity contribution in [3.63, 3.8) is 0 Å². The van der Waals surface area contributed by atoms with Gasteiger partial charge in [-0.1, -0.05) is 303 Å². The van der Waals surface area contributed by atoms with Crippen molar-refractivity contribution < 1.29 is 104 Å². The van der Waals surface area contributed by atoms with Crippen LogP contribution in [0.25, 0.3) is 0 Å². The standard InChI is InChI=1S/C77H146N2O21/c1-4-6-8-10-12-14-16-18-20-22-23-24-25-26-27-28-29-30-31-32-33-35-37-39-41-43-45-47-49-51-64(87)79-58(59(84)50-48-46-44-42-40-38-36-34-21-19-17-15-13-11-9-7-5-2)56-95-74-69(91)68(90)71(63(55-82)97-74)98-75-70(92)73(67(89)62(54-81)96-75)100-77(76(93)94)52-60(85)65(78-57(3)83)72(99-77)66(88)61(86)53-80/h58-63,65-75,80-82,84-86,88-92H,4-56H2,1-3H3,(H,78,83)(H,79,87)(H,93,94). The molecule has 3 aliphatic rings. The topological polar surface area (TPSA) is 373 Å². The van der Waals surface area contributed by atoms with E-state index in [0.29, 0.717) is 19.3 Å². The summed E-state index contributed by atoms with van der Waals surface area (Å²) in [6, 6.07) is -2.53. The van der Waals surface area contributed by atoms with Gasteiger partial charge in [-0.05, 0) is 12.8 Å². The first kappa shape index (κ1) is 91.9. The number of rotatable bonds is 64. The van der Waals surface area contributed by atoms with Crippen LogP contribution < -0.4 is 10.6 Å². The van der Waals surface area contributed by atoms with Crippen molar-refractivity contribution >= 4 is 17.8 Å². The Morgan fingerprint density at radius 3 is 1.25 bits per heavy atom. The van der Waals surface area contributed by atoms with Gasteiger partial charge in [-0.15, -0.1) is 0 Å². The summed E-state index contributed by atoms with van der Waals surface area (Å²) in [5, 5.41) is 136. The molecule has 3 aliphatic heterocycles. The third kappa shape index (κ3) is 37.3. The average Bonchev–Trinajstić information content (AvgIpc) is 0.755. The highest BCUT2D eigenvalue weighted by molar-refractivity contribution is 5.77.